The Morgan fingerprint density at radius 1 is 1.08 bits per heavy atom. The van der Waals surface area contributed by atoms with E-state index in [1.807, 2.05) is 4.90 Å². The molecule has 130 valence electrons. The molecule has 0 amide bonds. The van der Waals surface area contributed by atoms with Crippen LogP contribution in [0.4, 0.5) is 10.2 Å². The highest BCUT2D eigenvalue weighted by molar-refractivity contribution is 5.97. The van der Waals surface area contributed by atoms with Gasteiger partial charge in [-0.05, 0) is 49.9 Å². The van der Waals surface area contributed by atoms with Crippen molar-refractivity contribution in [1.29, 1.82) is 0 Å². The number of aromatic nitrogens is 2. The van der Waals surface area contributed by atoms with E-state index in [4.69, 9.17) is 0 Å². The number of Topliss-reactive ketones (excluding diaryl/α,β-unsaturated/α-hetero) is 1. The molecule has 1 saturated carbocycles. The Bertz CT molecular complexity index is 834. The molecule has 2 fully saturated rings. The maximum Gasteiger partial charge on any atom is 0.293 e. The van der Waals surface area contributed by atoms with E-state index < -0.39 is 0 Å². The zero-order valence-electron chi connectivity index (χ0n) is 13.9. The Balaban J connectivity index is 1.45. The number of nitrogens with zero attached hydrogens (tertiary/aromatic N) is 3. The number of carbonyl (C=O) groups excluding carboxylic acids is 1. The first-order valence-corrected chi connectivity index (χ1v) is 8.75. The van der Waals surface area contributed by atoms with Crippen LogP contribution in [0.25, 0.3) is 0 Å². The van der Waals surface area contributed by atoms with Gasteiger partial charge in [-0.2, -0.15) is 0 Å². The second kappa shape index (κ2) is 6.43. The summed E-state index contributed by atoms with van der Waals surface area (Å²) >= 11 is 0. The smallest absolute Gasteiger partial charge is 0.293 e. The van der Waals surface area contributed by atoms with Crippen molar-refractivity contribution in [1.82, 2.24) is 9.55 Å². The molecule has 2 aliphatic rings. The Labute approximate surface area is 145 Å². The van der Waals surface area contributed by atoms with E-state index in [2.05, 4.69) is 4.98 Å². The summed E-state index contributed by atoms with van der Waals surface area (Å²) < 4.78 is 14.8. The van der Waals surface area contributed by atoms with Crippen LogP contribution in [0.15, 0.2) is 41.5 Å². The van der Waals surface area contributed by atoms with Gasteiger partial charge in [0.1, 0.15) is 5.82 Å². The molecule has 25 heavy (non-hydrogen) atoms. The molecule has 4 rings (SSSR count). The molecule has 6 heteroatoms. The van der Waals surface area contributed by atoms with Crippen molar-refractivity contribution in [3.05, 3.63) is 58.4 Å². The first kappa shape index (κ1) is 16.0. The third kappa shape index (κ3) is 3.21. The molecule has 1 aliphatic carbocycles. The van der Waals surface area contributed by atoms with Crippen LogP contribution in [0.5, 0.6) is 0 Å². The lowest BCUT2D eigenvalue weighted by atomic mass is 9.89. The number of halogens is 1. The number of rotatable bonds is 4. The van der Waals surface area contributed by atoms with Crippen LogP contribution in [0.2, 0.25) is 0 Å². The van der Waals surface area contributed by atoms with Crippen molar-refractivity contribution < 1.29 is 9.18 Å². The van der Waals surface area contributed by atoms with Gasteiger partial charge < -0.3 is 9.47 Å². The molecule has 0 radical (unpaired) electrons. The van der Waals surface area contributed by atoms with Crippen LogP contribution < -0.4 is 10.5 Å². The molecule has 0 spiro atoms. The predicted octanol–water partition coefficient (Wildman–Crippen LogP) is 2.82. The molecule has 5 nitrogen and oxygen atoms in total. The molecular formula is C19H20FN3O2. The molecule has 1 aromatic heterocycles. The molecule has 2 aromatic rings. The van der Waals surface area contributed by atoms with Gasteiger partial charge >= 0.3 is 0 Å². The van der Waals surface area contributed by atoms with Gasteiger partial charge in [-0.1, -0.05) is 0 Å². The van der Waals surface area contributed by atoms with Crippen LogP contribution in [-0.2, 0) is 0 Å². The van der Waals surface area contributed by atoms with Crippen molar-refractivity contribution in [2.45, 2.75) is 31.7 Å². The zero-order valence-corrected chi connectivity index (χ0v) is 13.9. The van der Waals surface area contributed by atoms with Crippen molar-refractivity contribution in [2.75, 3.05) is 18.0 Å². The van der Waals surface area contributed by atoms with Crippen LogP contribution in [0.1, 0.15) is 42.1 Å². The van der Waals surface area contributed by atoms with Crippen molar-refractivity contribution in [3.8, 4) is 0 Å². The molecule has 0 N–H and O–H groups in total. The summed E-state index contributed by atoms with van der Waals surface area (Å²) in [6.07, 6.45) is 6.90. The maximum atomic E-state index is 13.0. The summed E-state index contributed by atoms with van der Waals surface area (Å²) in [6, 6.07) is 6.04. The quantitative estimate of drug-likeness (QED) is 0.803. The van der Waals surface area contributed by atoms with Gasteiger partial charge in [0.25, 0.3) is 5.56 Å². The summed E-state index contributed by atoms with van der Waals surface area (Å²) in [6.45, 7) is 1.27. The SMILES string of the molecule is O=C(c1ccc(F)cc1)C1CCN(c2nccn(C3CC3)c2=O)CC1. The van der Waals surface area contributed by atoms with E-state index in [0.29, 0.717) is 43.4 Å². The number of hydrogen-bond donors (Lipinski definition) is 0. The minimum absolute atomic E-state index is 0.0340. The van der Waals surface area contributed by atoms with Gasteiger partial charge in [-0.15, -0.1) is 0 Å². The van der Waals surface area contributed by atoms with E-state index in [1.54, 1.807) is 17.0 Å². The minimum Gasteiger partial charge on any atom is -0.352 e. The first-order chi connectivity index (χ1) is 12.1. The molecule has 2 heterocycles. The van der Waals surface area contributed by atoms with E-state index in [0.717, 1.165) is 12.8 Å². The highest BCUT2D eigenvalue weighted by Crippen LogP contribution is 2.33. The second-order valence-corrected chi connectivity index (χ2v) is 6.83. The maximum absolute atomic E-state index is 13.0. The first-order valence-electron chi connectivity index (χ1n) is 8.75. The molecule has 1 aromatic carbocycles. The van der Waals surface area contributed by atoms with Gasteiger partial charge in [-0.3, -0.25) is 9.59 Å². The summed E-state index contributed by atoms with van der Waals surface area (Å²) in [5.74, 6) is 0.114. The number of carbonyl (C=O) groups is 1. The highest BCUT2D eigenvalue weighted by Gasteiger charge is 2.30. The number of ketones is 1. The van der Waals surface area contributed by atoms with Crippen molar-refractivity contribution in [2.24, 2.45) is 5.92 Å². The lowest BCUT2D eigenvalue weighted by Crippen LogP contribution is -2.40. The van der Waals surface area contributed by atoms with Crippen LogP contribution in [0.3, 0.4) is 0 Å². The third-order valence-electron chi connectivity index (χ3n) is 5.08. The summed E-state index contributed by atoms with van der Waals surface area (Å²) in [7, 11) is 0. The second-order valence-electron chi connectivity index (χ2n) is 6.83. The van der Waals surface area contributed by atoms with Crippen LogP contribution in [0, 0.1) is 11.7 Å². The highest BCUT2D eigenvalue weighted by atomic mass is 19.1. The fraction of sp³-hybridized carbons (Fsp3) is 0.421. The number of piperidine rings is 1. The monoisotopic (exact) mass is 341 g/mol. The number of anilines is 1. The van der Waals surface area contributed by atoms with Crippen molar-refractivity contribution >= 4 is 11.6 Å². The van der Waals surface area contributed by atoms with E-state index >= 15 is 0 Å². The van der Waals surface area contributed by atoms with Gasteiger partial charge in [0.15, 0.2) is 11.6 Å². The van der Waals surface area contributed by atoms with E-state index in [9.17, 15) is 14.0 Å². The Morgan fingerprint density at radius 2 is 1.76 bits per heavy atom. The Hall–Kier alpha value is -2.50. The fourth-order valence-electron chi connectivity index (χ4n) is 3.47. The van der Waals surface area contributed by atoms with Crippen molar-refractivity contribution in [3.63, 3.8) is 0 Å². The van der Waals surface area contributed by atoms with Gasteiger partial charge in [0, 0.05) is 43.0 Å². The summed E-state index contributed by atoms with van der Waals surface area (Å²) in [5.41, 5.74) is 0.516. The summed E-state index contributed by atoms with van der Waals surface area (Å²) in [5, 5.41) is 0. The van der Waals surface area contributed by atoms with E-state index in [-0.39, 0.29) is 23.1 Å². The van der Waals surface area contributed by atoms with Crippen LogP contribution >= 0.6 is 0 Å². The predicted molar refractivity (Wildman–Crippen MR) is 92.4 cm³/mol. The summed E-state index contributed by atoms with van der Waals surface area (Å²) in [4.78, 5) is 31.4. The van der Waals surface area contributed by atoms with Gasteiger partial charge in [0.2, 0.25) is 0 Å². The lowest BCUT2D eigenvalue weighted by Gasteiger charge is -2.31. The Morgan fingerprint density at radius 3 is 2.40 bits per heavy atom. The fourth-order valence-corrected chi connectivity index (χ4v) is 3.47. The average Bonchev–Trinajstić information content (AvgIpc) is 3.47. The zero-order chi connectivity index (χ0) is 17.4. The third-order valence-corrected chi connectivity index (χ3v) is 5.08. The molecule has 1 aliphatic heterocycles. The standard InChI is InChI=1S/C19H20FN3O2/c20-15-3-1-13(2-4-15)17(24)14-7-10-22(11-8-14)18-19(25)23(12-9-21-18)16-5-6-16/h1-4,9,12,14,16H,5-8,10-11H2. The molecular weight excluding hydrogens is 321 g/mol. The van der Waals surface area contributed by atoms with Crippen LogP contribution in [-0.4, -0.2) is 28.4 Å². The Kier molecular flexibility index (Phi) is 4.11. The minimum atomic E-state index is -0.339. The normalized spacial score (nSPS) is 18.4. The van der Waals surface area contributed by atoms with E-state index in [1.165, 1.54) is 24.3 Å². The topological polar surface area (TPSA) is 55.2 Å². The van der Waals surface area contributed by atoms with Gasteiger partial charge in [0.05, 0.1) is 0 Å². The average molecular weight is 341 g/mol. The number of hydrogen-bond acceptors (Lipinski definition) is 4. The van der Waals surface area contributed by atoms with Gasteiger partial charge in [-0.25, -0.2) is 9.37 Å². The molecule has 0 bridgehead atoms. The molecule has 0 atom stereocenters. The largest absolute Gasteiger partial charge is 0.352 e. The molecule has 0 unspecified atom stereocenters. The lowest BCUT2D eigenvalue weighted by molar-refractivity contribution is 0.0900. The molecule has 1 saturated heterocycles. The number of benzene rings is 1.